The van der Waals surface area contributed by atoms with Gasteiger partial charge in [-0.05, 0) is 31.2 Å². The average molecular weight is 417 g/mol. The number of nitro benzene ring substituents is 1. The number of likely N-dealkylation sites (N-methyl/N-ethyl adjacent to an activating group) is 1. The van der Waals surface area contributed by atoms with Gasteiger partial charge in [0.15, 0.2) is 13.1 Å². The van der Waals surface area contributed by atoms with E-state index in [0.717, 1.165) is 0 Å². The SMILES string of the molecule is CC[NH+](CC(=O)Nc1cccc(OC)c1)CC(=O)Nc1ccc(OC)cc1[N+](=O)[O-]. The molecule has 0 aromatic heterocycles. The van der Waals surface area contributed by atoms with E-state index in [4.69, 9.17) is 9.47 Å². The number of carbonyl (C=O) groups is 2. The molecule has 0 saturated heterocycles. The Hall–Kier alpha value is -3.66. The lowest BCUT2D eigenvalue weighted by molar-refractivity contribution is -0.881. The van der Waals surface area contributed by atoms with Crippen molar-refractivity contribution < 1.29 is 28.9 Å². The Bertz CT molecular complexity index is 918. The van der Waals surface area contributed by atoms with Crippen molar-refractivity contribution in [1.29, 1.82) is 0 Å². The zero-order valence-electron chi connectivity index (χ0n) is 17.1. The van der Waals surface area contributed by atoms with Crippen LogP contribution in [0.1, 0.15) is 6.92 Å². The quantitative estimate of drug-likeness (QED) is 0.393. The summed E-state index contributed by atoms with van der Waals surface area (Å²) in [5, 5.41) is 16.6. The van der Waals surface area contributed by atoms with E-state index in [9.17, 15) is 19.7 Å². The van der Waals surface area contributed by atoms with Gasteiger partial charge >= 0.3 is 0 Å². The van der Waals surface area contributed by atoms with E-state index in [2.05, 4.69) is 10.6 Å². The second kappa shape index (κ2) is 10.8. The maximum Gasteiger partial charge on any atom is 0.296 e. The predicted molar refractivity (Wildman–Crippen MR) is 111 cm³/mol. The molecule has 0 radical (unpaired) electrons. The lowest BCUT2D eigenvalue weighted by atomic mass is 10.2. The molecular weight excluding hydrogens is 392 g/mol. The average Bonchev–Trinajstić information content (AvgIpc) is 2.73. The van der Waals surface area contributed by atoms with E-state index in [1.807, 2.05) is 6.92 Å². The van der Waals surface area contributed by atoms with Gasteiger partial charge in [0.1, 0.15) is 17.2 Å². The van der Waals surface area contributed by atoms with Crippen molar-refractivity contribution in [2.45, 2.75) is 6.92 Å². The fourth-order valence-corrected chi connectivity index (χ4v) is 2.76. The van der Waals surface area contributed by atoms with Crippen LogP contribution in [0.2, 0.25) is 0 Å². The van der Waals surface area contributed by atoms with Gasteiger partial charge in [-0.3, -0.25) is 19.7 Å². The molecule has 10 nitrogen and oxygen atoms in total. The third-order valence-electron chi connectivity index (χ3n) is 4.35. The van der Waals surface area contributed by atoms with Crippen LogP contribution in [0.3, 0.4) is 0 Å². The number of nitrogens with one attached hydrogen (secondary N) is 3. The maximum atomic E-state index is 12.4. The van der Waals surface area contributed by atoms with Crippen LogP contribution >= 0.6 is 0 Å². The summed E-state index contributed by atoms with van der Waals surface area (Å²) in [6.07, 6.45) is 0. The zero-order chi connectivity index (χ0) is 22.1. The van der Waals surface area contributed by atoms with Crippen LogP contribution in [-0.2, 0) is 9.59 Å². The Balaban J connectivity index is 1.97. The molecule has 2 aromatic rings. The van der Waals surface area contributed by atoms with Crippen LogP contribution in [-0.4, -0.2) is 50.6 Å². The van der Waals surface area contributed by atoms with E-state index in [1.165, 1.54) is 32.4 Å². The number of rotatable bonds is 10. The smallest absolute Gasteiger partial charge is 0.296 e. The van der Waals surface area contributed by atoms with Gasteiger partial charge in [0.25, 0.3) is 17.5 Å². The fraction of sp³-hybridized carbons (Fsp3) is 0.300. The molecule has 10 heteroatoms. The van der Waals surface area contributed by atoms with Gasteiger partial charge in [0.05, 0.1) is 31.8 Å². The van der Waals surface area contributed by atoms with Crippen molar-refractivity contribution in [3.63, 3.8) is 0 Å². The number of anilines is 2. The van der Waals surface area contributed by atoms with E-state index < -0.39 is 10.8 Å². The molecule has 1 atom stereocenters. The second-order valence-corrected chi connectivity index (χ2v) is 6.43. The molecule has 0 aliphatic heterocycles. The lowest BCUT2D eigenvalue weighted by Gasteiger charge is -2.17. The second-order valence-electron chi connectivity index (χ2n) is 6.43. The molecule has 160 valence electrons. The van der Waals surface area contributed by atoms with Crippen LogP contribution in [0.5, 0.6) is 11.5 Å². The van der Waals surface area contributed by atoms with Crippen molar-refractivity contribution in [3.8, 4) is 11.5 Å². The summed E-state index contributed by atoms with van der Waals surface area (Å²) >= 11 is 0. The summed E-state index contributed by atoms with van der Waals surface area (Å²) in [5.41, 5.74) is 0.395. The Kier molecular flexibility index (Phi) is 8.12. The largest absolute Gasteiger partial charge is 0.497 e. The van der Waals surface area contributed by atoms with Crippen LogP contribution < -0.4 is 25.0 Å². The minimum atomic E-state index is -0.593. The summed E-state index contributed by atoms with van der Waals surface area (Å²) in [5.74, 6) is 0.236. The monoisotopic (exact) mass is 417 g/mol. The van der Waals surface area contributed by atoms with Crippen molar-refractivity contribution in [2.75, 3.05) is 44.5 Å². The standard InChI is InChI=1S/C20H24N4O6/c1-4-23(12-19(25)21-14-6-5-7-15(10-14)29-2)13-20(26)22-17-9-8-16(30-3)11-18(17)24(27)28/h5-11H,4,12-13H2,1-3H3,(H,21,25)(H,22,26)/p+1. The normalized spacial score (nSPS) is 11.3. The highest BCUT2D eigenvalue weighted by Crippen LogP contribution is 2.28. The third-order valence-corrected chi connectivity index (χ3v) is 4.35. The van der Waals surface area contributed by atoms with Crippen LogP contribution in [0, 0.1) is 10.1 Å². The van der Waals surface area contributed by atoms with Gasteiger partial charge in [-0.1, -0.05) is 6.07 Å². The Morgan fingerprint density at radius 1 is 1.00 bits per heavy atom. The molecule has 0 saturated carbocycles. The van der Waals surface area contributed by atoms with Crippen molar-refractivity contribution in [2.24, 2.45) is 0 Å². The van der Waals surface area contributed by atoms with Crippen LogP contribution in [0.4, 0.5) is 17.1 Å². The number of amides is 2. The molecule has 1 unspecified atom stereocenters. The molecule has 2 amide bonds. The number of nitro groups is 1. The van der Waals surface area contributed by atoms with Gasteiger partial charge in [-0.2, -0.15) is 0 Å². The van der Waals surface area contributed by atoms with Crippen LogP contribution in [0.15, 0.2) is 42.5 Å². The van der Waals surface area contributed by atoms with Gasteiger partial charge in [-0.25, -0.2) is 0 Å². The molecule has 0 spiro atoms. The first-order valence-corrected chi connectivity index (χ1v) is 9.26. The first-order chi connectivity index (χ1) is 14.4. The number of hydrogen-bond acceptors (Lipinski definition) is 6. The Labute approximate surface area is 173 Å². The summed E-state index contributed by atoms with van der Waals surface area (Å²) in [6, 6.07) is 11.1. The number of ether oxygens (including phenoxy) is 2. The number of carbonyl (C=O) groups excluding carboxylic acids is 2. The molecule has 2 rings (SSSR count). The Morgan fingerprint density at radius 3 is 2.23 bits per heavy atom. The highest BCUT2D eigenvalue weighted by molar-refractivity contribution is 5.94. The topological polar surface area (TPSA) is 124 Å². The third kappa shape index (κ3) is 6.45. The first-order valence-electron chi connectivity index (χ1n) is 9.26. The summed E-state index contributed by atoms with van der Waals surface area (Å²) < 4.78 is 10.1. The molecule has 3 N–H and O–H groups in total. The molecule has 0 aliphatic rings. The van der Waals surface area contributed by atoms with Crippen molar-refractivity contribution >= 4 is 28.9 Å². The number of nitrogens with zero attached hydrogens (tertiary/aromatic N) is 1. The predicted octanol–water partition coefficient (Wildman–Crippen LogP) is 1.09. The first kappa shape index (κ1) is 22.6. The van der Waals surface area contributed by atoms with Gasteiger partial charge in [-0.15, -0.1) is 0 Å². The number of quaternary nitrogens is 1. The molecule has 2 aromatic carbocycles. The van der Waals surface area contributed by atoms with Gasteiger partial charge < -0.3 is 25.0 Å². The lowest BCUT2D eigenvalue weighted by Crippen LogP contribution is -3.13. The molecule has 0 bridgehead atoms. The molecule has 0 heterocycles. The number of methoxy groups -OCH3 is 2. The minimum absolute atomic E-state index is 0.0226. The molecular formula is C20H25N4O6+. The van der Waals surface area contributed by atoms with E-state index >= 15 is 0 Å². The summed E-state index contributed by atoms with van der Waals surface area (Å²) in [6.45, 7) is 2.40. The molecule has 0 fully saturated rings. The fourth-order valence-electron chi connectivity index (χ4n) is 2.76. The van der Waals surface area contributed by atoms with Gasteiger partial charge in [0.2, 0.25) is 0 Å². The number of benzene rings is 2. The van der Waals surface area contributed by atoms with E-state index in [0.29, 0.717) is 28.6 Å². The zero-order valence-corrected chi connectivity index (χ0v) is 17.1. The van der Waals surface area contributed by atoms with Crippen LogP contribution in [0.25, 0.3) is 0 Å². The van der Waals surface area contributed by atoms with Crippen molar-refractivity contribution in [1.82, 2.24) is 0 Å². The highest BCUT2D eigenvalue weighted by Gasteiger charge is 2.21. The highest BCUT2D eigenvalue weighted by atomic mass is 16.6. The maximum absolute atomic E-state index is 12.4. The Morgan fingerprint density at radius 2 is 1.63 bits per heavy atom. The van der Waals surface area contributed by atoms with E-state index in [-0.39, 0.29) is 30.4 Å². The number of hydrogen-bond donors (Lipinski definition) is 3. The van der Waals surface area contributed by atoms with Gasteiger partial charge in [0, 0.05) is 11.8 Å². The van der Waals surface area contributed by atoms with Crippen molar-refractivity contribution in [3.05, 3.63) is 52.6 Å². The summed E-state index contributed by atoms with van der Waals surface area (Å²) in [4.78, 5) is 36.1. The minimum Gasteiger partial charge on any atom is -0.497 e. The molecule has 0 aliphatic carbocycles. The van der Waals surface area contributed by atoms with E-state index in [1.54, 1.807) is 24.3 Å². The summed E-state index contributed by atoms with van der Waals surface area (Å²) in [7, 11) is 2.94. The molecule has 30 heavy (non-hydrogen) atoms.